The summed E-state index contributed by atoms with van der Waals surface area (Å²) in [6, 6.07) is 22.0. The predicted molar refractivity (Wildman–Crippen MR) is 131 cm³/mol. The van der Waals surface area contributed by atoms with E-state index in [9.17, 15) is 8.42 Å². The number of rotatable bonds is 5. The van der Waals surface area contributed by atoms with E-state index >= 15 is 0 Å². The zero-order valence-corrected chi connectivity index (χ0v) is 19.4. The van der Waals surface area contributed by atoms with Crippen molar-refractivity contribution in [1.82, 2.24) is 14.3 Å². The lowest BCUT2D eigenvalue weighted by molar-refractivity contribution is 0.391. The fraction of sp³-hybridized carbons (Fsp3) is 0.160. The number of halogens is 1. The Bertz CT molecular complexity index is 1420. The molecule has 3 aromatic carbocycles. The van der Waals surface area contributed by atoms with E-state index in [2.05, 4.69) is 22.1 Å². The Morgan fingerprint density at radius 3 is 2.67 bits per heavy atom. The highest BCUT2D eigenvalue weighted by Crippen LogP contribution is 2.31. The highest BCUT2D eigenvalue weighted by Gasteiger charge is 2.25. The third-order valence-corrected chi connectivity index (χ3v) is 7.39. The molecule has 5 rings (SSSR count). The summed E-state index contributed by atoms with van der Waals surface area (Å²) < 4.78 is 24.8. The van der Waals surface area contributed by atoms with Crippen LogP contribution in [0.15, 0.2) is 72.9 Å². The van der Waals surface area contributed by atoms with Gasteiger partial charge in [0.25, 0.3) is 10.2 Å². The van der Waals surface area contributed by atoms with Gasteiger partial charge < -0.3 is 4.98 Å². The third-order valence-electron chi connectivity index (χ3n) is 6.03. The van der Waals surface area contributed by atoms with Gasteiger partial charge in [-0.15, -0.1) is 0 Å². The quantitative estimate of drug-likeness (QED) is 0.440. The van der Waals surface area contributed by atoms with Gasteiger partial charge in [-0.3, -0.25) is 0 Å². The van der Waals surface area contributed by atoms with Crippen LogP contribution in [0.5, 0.6) is 0 Å². The van der Waals surface area contributed by atoms with Gasteiger partial charge in [0, 0.05) is 18.7 Å². The fourth-order valence-electron chi connectivity index (χ4n) is 4.35. The predicted octanol–water partition coefficient (Wildman–Crippen LogP) is 4.55. The molecule has 168 valence electrons. The molecule has 1 aliphatic heterocycles. The molecule has 3 N–H and O–H groups in total. The molecule has 0 bridgehead atoms. The average molecular weight is 479 g/mol. The van der Waals surface area contributed by atoms with E-state index in [1.165, 1.54) is 15.4 Å². The summed E-state index contributed by atoms with van der Waals surface area (Å²) in [4.78, 5) is 7.94. The van der Waals surface area contributed by atoms with Crippen molar-refractivity contribution in [3.63, 3.8) is 0 Å². The van der Waals surface area contributed by atoms with E-state index in [0.29, 0.717) is 24.5 Å². The molecule has 2 heterocycles. The number of aromatic amines is 1. The van der Waals surface area contributed by atoms with Gasteiger partial charge in [-0.25, -0.2) is 10.1 Å². The second kappa shape index (κ2) is 8.76. The number of benzene rings is 3. The number of nitrogens with two attached hydrogens (primary N) is 1. The van der Waals surface area contributed by atoms with Gasteiger partial charge in [0.05, 0.1) is 16.9 Å². The van der Waals surface area contributed by atoms with Crippen molar-refractivity contribution < 1.29 is 8.42 Å². The van der Waals surface area contributed by atoms with Crippen LogP contribution in [0, 0.1) is 0 Å². The van der Waals surface area contributed by atoms with Crippen LogP contribution in [0.4, 0.5) is 0 Å². The van der Waals surface area contributed by atoms with Gasteiger partial charge in [-0.05, 0) is 52.8 Å². The Morgan fingerprint density at radius 1 is 1.06 bits per heavy atom. The molecule has 0 aliphatic carbocycles. The number of H-pyrrole nitrogens is 1. The minimum absolute atomic E-state index is 0.308. The molecule has 0 spiro atoms. The first kappa shape index (κ1) is 21.9. The summed E-state index contributed by atoms with van der Waals surface area (Å²) >= 11 is 6.53. The average Bonchev–Trinajstić information content (AvgIpc) is 3.30. The summed E-state index contributed by atoms with van der Waals surface area (Å²) in [6.45, 7) is 0.700. The molecule has 1 aromatic heterocycles. The van der Waals surface area contributed by atoms with Crippen LogP contribution in [-0.4, -0.2) is 29.2 Å². The molecule has 0 amide bonds. The van der Waals surface area contributed by atoms with Gasteiger partial charge in [0.1, 0.15) is 5.82 Å². The van der Waals surface area contributed by atoms with Gasteiger partial charge in [0.2, 0.25) is 0 Å². The lowest BCUT2D eigenvalue weighted by Crippen LogP contribution is -2.40. The Balaban J connectivity index is 1.43. The van der Waals surface area contributed by atoms with Crippen molar-refractivity contribution >= 4 is 21.8 Å². The minimum Gasteiger partial charge on any atom is -0.338 e. The summed E-state index contributed by atoms with van der Waals surface area (Å²) in [5.74, 6) is 0.722. The molecule has 0 saturated heterocycles. The Morgan fingerprint density at radius 2 is 1.88 bits per heavy atom. The topological polar surface area (TPSA) is 92.1 Å². The van der Waals surface area contributed by atoms with Gasteiger partial charge in [-0.1, -0.05) is 66.2 Å². The lowest BCUT2D eigenvalue weighted by atomic mass is 9.91. The maximum Gasteiger partial charge on any atom is 0.277 e. The van der Waals surface area contributed by atoms with Crippen molar-refractivity contribution in [2.75, 3.05) is 6.54 Å². The smallest absolute Gasteiger partial charge is 0.277 e. The SMILES string of the molecule is NS(=O)(=O)N1CCc2c(Cc3ccc(Cl)c(-c4ncc(-c5ccccc5)[nH]4)c3)cccc2C1. The molecule has 0 saturated carbocycles. The van der Waals surface area contributed by atoms with Crippen molar-refractivity contribution in [3.8, 4) is 22.6 Å². The monoisotopic (exact) mass is 478 g/mol. The standard InChI is InChI=1S/C25H23ClN4O2S/c26-23-10-9-17(14-22(23)25-28-15-24(29-25)18-5-2-1-3-6-18)13-19-7-4-8-20-16-30(33(27,31)32)12-11-21(19)20/h1-10,14-15H,11-13,16H2,(H,28,29)(H2,27,31,32). The van der Waals surface area contributed by atoms with Crippen molar-refractivity contribution in [2.24, 2.45) is 5.14 Å². The molecule has 0 unspecified atom stereocenters. The first-order valence-corrected chi connectivity index (χ1v) is 12.5. The second-order valence-electron chi connectivity index (χ2n) is 8.19. The van der Waals surface area contributed by atoms with E-state index in [-0.39, 0.29) is 0 Å². The normalized spacial score (nSPS) is 14.2. The van der Waals surface area contributed by atoms with Crippen molar-refractivity contribution in [1.29, 1.82) is 0 Å². The number of hydrogen-bond donors (Lipinski definition) is 2. The van der Waals surface area contributed by atoms with Crippen molar-refractivity contribution in [2.45, 2.75) is 19.4 Å². The summed E-state index contributed by atoms with van der Waals surface area (Å²) in [7, 11) is -3.69. The Hall–Kier alpha value is -2.97. The lowest BCUT2D eigenvalue weighted by Gasteiger charge is -2.28. The number of hydrogen-bond acceptors (Lipinski definition) is 3. The summed E-state index contributed by atoms with van der Waals surface area (Å²) in [6.07, 6.45) is 3.18. The first-order chi connectivity index (χ1) is 15.9. The Kier molecular flexibility index (Phi) is 5.80. The molecule has 8 heteroatoms. The number of imidazole rings is 1. The van der Waals surface area contributed by atoms with Gasteiger partial charge in [0.15, 0.2) is 0 Å². The fourth-order valence-corrected chi connectivity index (χ4v) is 5.22. The summed E-state index contributed by atoms with van der Waals surface area (Å²) in [5.41, 5.74) is 7.32. The van der Waals surface area contributed by atoms with E-state index in [1.54, 1.807) is 0 Å². The molecule has 33 heavy (non-hydrogen) atoms. The molecule has 0 atom stereocenters. The summed E-state index contributed by atoms with van der Waals surface area (Å²) in [5, 5.41) is 5.96. The maximum atomic E-state index is 11.8. The number of nitrogens with one attached hydrogen (secondary N) is 1. The largest absolute Gasteiger partial charge is 0.338 e. The van der Waals surface area contributed by atoms with Crippen molar-refractivity contribution in [3.05, 3.63) is 100 Å². The molecular weight excluding hydrogens is 456 g/mol. The van der Waals surface area contributed by atoms with Crippen LogP contribution in [0.2, 0.25) is 5.02 Å². The van der Waals surface area contributed by atoms with Gasteiger partial charge in [-0.2, -0.15) is 12.7 Å². The van der Waals surface area contributed by atoms with E-state index < -0.39 is 10.2 Å². The van der Waals surface area contributed by atoms with E-state index in [1.807, 2.05) is 60.8 Å². The van der Waals surface area contributed by atoms with Crippen LogP contribution in [0.1, 0.15) is 22.3 Å². The molecule has 0 radical (unpaired) electrons. The van der Waals surface area contributed by atoms with Crippen LogP contribution < -0.4 is 5.14 Å². The van der Waals surface area contributed by atoms with Crippen LogP contribution in [0.3, 0.4) is 0 Å². The van der Waals surface area contributed by atoms with E-state index in [0.717, 1.165) is 40.2 Å². The molecular formula is C25H23ClN4O2S. The minimum atomic E-state index is -3.69. The Labute approximate surface area is 198 Å². The molecule has 1 aliphatic rings. The second-order valence-corrected chi connectivity index (χ2v) is 10.1. The highest BCUT2D eigenvalue weighted by molar-refractivity contribution is 7.86. The zero-order valence-electron chi connectivity index (χ0n) is 17.8. The first-order valence-electron chi connectivity index (χ1n) is 10.7. The van der Waals surface area contributed by atoms with Crippen LogP contribution in [-0.2, 0) is 29.6 Å². The molecule has 4 aromatic rings. The van der Waals surface area contributed by atoms with E-state index in [4.69, 9.17) is 16.7 Å². The number of nitrogens with zero attached hydrogens (tertiary/aromatic N) is 2. The molecule has 0 fully saturated rings. The number of aromatic nitrogens is 2. The van der Waals surface area contributed by atoms with Crippen LogP contribution >= 0.6 is 11.6 Å². The zero-order chi connectivity index (χ0) is 23.0. The number of fused-ring (bicyclic) bond motifs is 1. The van der Waals surface area contributed by atoms with Gasteiger partial charge >= 0.3 is 0 Å². The maximum absolute atomic E-state index is 11.8. The van der Waals surface area contributed by atoms with Crippen LogP contribution in [0.25, 0.3) is 22.6 Å². The molecule has 6 nitrogen and oxygen atoms in total. The highest BCUT2D eigenvalue weighted by atomic mass is 35.5. The third kappa shape index (κ3) is 4.58.